The molecule has 8 heteroatoms. The summed E-state index contributed by atoms with van der Waals surface area (Å²) >= 11 is 0. The number of H-pyrrole nitrogens is 1. The van der Waals surface area contributed by atoms with Gasteiger partial charge in [0.05, 0.1) is 24.0 Å². The van der Waals surface area contributed by atoms with Crippen molar-refractivity contribution >= 4 is 23.3 Å². The summed E-state index contributed by atoms with van der Waals surface area (Å²) in [6, 6.07) is 2.80. The fourth-order valence-electron chi connectivity index (χ4n) is 1.79. The Hall–Kier alpha value is -3.03. The summed E-state index contributed by atoms with van der Waals surface area (Å²) in [6.07, 6.45) is 3.07. The number of benzene rings is 1. The van der Waals surface area contributed by atoms with Gasteiger partial charge in [0.2, 0.25) is 0 Å². The van der Waals surface area contributed by atoms with Crippen LogP contribution >= 0.6 is 0 Å². The smallest absolute Gasteiger partial charge is 0.316 e. The first kappa shape index (κ1) is 14.4. The first-order valence-electron chi connectivity index (χ1n) is 5.89. The van der Waals surface area contributed by atoms with Crippen LogP contribution < -0.4 is 21.1 Å². The van der Waals surface area contributed by atoms with E-state index in [4.69, 9.17) is 10.5 Å². The third-order valence-corrected chi connectivity index (χ3v) is 2.62. The lowest BCUT2D eigenvalue weighted by molar-refractivity contribution is 0.102. The van der Waals surface area contributed by atoms with Gasteiger partial charge in [0, 0.05) is 24.5 Å². The van der Waals surface area contributed by atoms with E-state index in [9.17, 15) is 14.0 Å². The molecule has 5 N–H and O–H groups in total. The van der Waals surface area contributed by atoms with Crippen molar-refractivity contribution in [2.75, 3.05) is 17.7 Å². The first-order valence-corrected chi connectivity index (χ1v) is 5.89. The van der Waals surface area contributed by atoms with Crippen LogP contribution in [0.25, 0.3) is 0 Å². The lowest BCUT2D eigenvalue weighted by atomic mass is 10.2. The van der Waals surface area contributed by atoms with Gasteiger partial charge in [0.25, 0.3) is 5.91 Å². The highest BCUT2D eigenvalue weighted by Crippen LogP contribution is 2.34. The van der Waals surface area contributed by atoms with E-state index < -0.39 is 17.8 Å². The van der Waals surface area contributed by atoms with Crippen LogP contribution in [0, 0.1) is 5.82 Å². The van der Waals surface area contributed by atoms with Crippen molar-refractivity contribution in [1.29, 1.82) is 0 Å². The van der Waals surface area contributed by atoms with Crippen LogP contribution in [0.1, 0.15) is 10.4 Å². The van der Waals surface area contributed by atoms with Gasteiger partial charge in [-0.1, -0.05) is 0 Å². The lowest BCUT2D eigenvalue weighted by Crippen LogP contribution is -2.20. The molecule has 21 heavy (non-hydrogen) atoms. The van der Waals surface area contributed by atoms with E-state index >= 15 is 0 Å². The summed E-state index contributed by atoms with van der Waals surface area (Å²) < 4.78 is 18.7. The SMILES string of the molecule is COc1c(NC(N)=O)cc(F)cc1NC(=O)c1cc[nH]c1. The highest BCUT2D eigenvalue weighted by molar-refractivity contribution is 6.06. The average molecular weight is 292 g/mol. The molecule has 0 saturated carbocycles. The van der Waals surface area contributed by atoms with Gasteiger partial charge in [0.15, 0.2) is 5.75 Å². The maximum absolute atomic E-state index is 13.6. The number of hydrogen-bond donors (Lipinski definition) is 4. The predicted octanol–water partition coefficient (Wildman–Crippen LogP) is 1.91. The van der Waals surface area contributed by atoms with Gasteiger partial charge in [-0.15, -0.1) is 0 Å². The van der Waals surface area contributed by atoms with Crippen molar-refractivity contribution in [3.63, 3.8) is 0 Å². The van der Waals surface area contributed by atoms with Crippen molar-refractivity contribution in [1.82, 2.24) is 4.98 Å². The highest BCUT2D eigenvalue weighted by atomic mass is 19.1. The molecule has 2 rings (SSSR count). The Morgan fingerprint density at radius 1 is 1.29 bits per heavy atom. The number of ether oxygens (including phenoxy) is 1. The van der Waals surface area contributed by atoms with Crippen LogP contribution in [0.15, 0.2) is 30.6 Å². The molecule has 7 nitrogen and oxygen atoms in total. The number of methoxy groups -OCH3 is 1. The molecule has 0 fully saturated rings. The summed E-state index contributed by atoms with van der Waals surface area (Å²) in [5.41, 5.74) is 5.47. The molecule has 0 aliphatic rings. The Bertz CT molecular complexity index is 670. The van der Waals surface area contributed by atoms with Gasteiger partial charge in [-0.3, -0.25) is 4.79 Å². The molecule has 3 amide bonds. The highest BCUT2D eigenvalue weighted by Gasteiger charge is 2.16. The average Bonchev–Trinajstić information content (AvgIpc) is 2.91. The number of anilines is 2. The summed E-state index contributed by atoms with van der Waals surface area (Å²) in [4.78, 5) is 25.6. The molecule has 0 aliphatic heterocycles. The zero-order valence-electron chi connectivity index (χ0n) is 11.1. The van der Waals surface area contributed by atoms with Crippen LogP contribution in [0.3, 0.4) is 0 Å². The van der Waals surface area contributed by atoms with E-state index in [1.807, 2.05) is 0 Å². The number of urea groups is 1. The molecule has 2 aromatic rings. The van der Waals surface area contributed by atoms with Gasteiger partial charge in [0.1, 0.15) is 5.82 Å². The summed E-state index contributed by atoms with van der Waals surface area (Å²) in [5, 5.41) is 4.73. The van der Waals surface area contributed by atoms with Crippen molar-refractivity contribution in [2.45, 2.75) is 0 Å². The number of primary amides is 1. The number of nitrogens with two attached hydrogens (primary N) is 1. The second-order valence-corrected chi connectivity index (χ2v) is 4.08. The second-order valence-electron chi connectivity index (χ2n) is 4.08. The topological polar surface area (TPSA) is 109 Å². The van der Waals surface area contributed by atoms with E-state index in [1.165, 1.54) is 13.3 Å². The van der Waals surface area contributed by atoms with E-state index in [1.54, 1.807) is 12.3 Å². The number of halogens is 1. The second kappa shape index (κ2) is 5.95. The van der Waals surface area contributed by atoms with Crippen molar-refractivity contribution < 1.29 is 18.7 Å². The molecule has 0 spiro atoms. The van der Waals surface area contributed by atoms with Crippen LogP contribution in [0.4, 0.5) is 20.6 Å². The minimum Gasteiger partial charge on any atom is -0.492 e. The van der Waals surface area contributed by atoms with Crippen LogP contribution in [-0.2, 0) is 0 Å². The van der Waals surface area contributed by atoms with Crippen molar-refractivity contribution in [2.24, 2.45) is 5.73 Å². The molecular weight excluding hydrogens is 279 g/mol. The van der Waals surface area contributed by atoms with E-state index in [0.29, 0.717) is 5.56 Å². The van der Waals surface area contributed by atoms with Gasteiger partial charge in [-0.05, 0) is 6.07 Å². The lowest BCUT2D eigenvalue weighted by Gasteiger charge is -2.14. The summed E-state index contributed by atoms with van der Waals surface area (Å²) in [7, 11) is 1.32. The maximum atomic E-state index is 13.6. The third-order valence-electron chi connectivity index (χ3n) is 2.62. The zero-order chi connectivity index (χ0) is 15.4. The third kappa shape index (κ3) is 3.30. The van der Waals surface area contributed by atoms with Crippen LogP contribution in [0.2, 0.25) is 0 Å². The molecule has 0 bridgehead atoms. The quantitative estimate of drug-likeness (QED) is 0.691. The number of carbonyl (C=O) groups excluding carboxylic acids is 2. The van der Waals surface area contributed by atoms with E-state index in [0.717, 1.165) is 12.1 Å². The minimum absolute atomic E-state index is 0.0226. The molecule has 1 aromatic carbocycles. The van der Waals surface area contributed by atoms with Gasteiger partial charge < -0.3 is 26.1 Å². The van der Waals surface area contributed by atoms with E-state index in [2.05, 4.69) is 15.6 Å². The Morgan fingerprint density at radius 3 is 2.48 bits per heavy atom. The summed E-state index contributed by atoms with van der Waals surface area (Å²) in [6.45, 7) is 0. The number of rotatable bonds is 4. The number of hydrogen-bond acceptors (Lipinski definition) is 3. The first-order chi connectivity index (χ1) is 10.0. The fraction of sp³-hybridized carbons (Fsp3) is 0.0769. The Balaban J connectivity index is 2.36. The van der Waals surface area contributed by atoms with E-state index in [-0.39, 0.29) is 17.1 Å². The molecule has 0 radical (unpaired) electrons. The Morgan fingerprint density at radius 2 is 1.95 bits per heavy atom. The number of aromatic nitrogens is 1. The van der Waals surface area contributed by atoms with Crippen LogP contribution in [-0.4, -0.2) is 24.0 Å². The molecule has 0 saturated heterocycles. The van der Waals surface area contributed by atoms with Gasteiger partial charge in [-0.2, -0.15) is 0 Å². The fourth-order valence-corrected chi connectivity index (χ4v) is 1.79. The van der Waals surface area contributed by atoms with Gasteiger partial charge in [-0.25, -0.2) is 9.18 Å². The Labute approximate surface area is 119 Å². The number of amides is 3. The molecule has 1 aromatic heterocycles. The minimum atomic E-state index is -0.873. The number of aromatic amines is 1. The molecule has 0 atom stereocenters. The maximum Gasteiger partial charge on any atom is 0.316 e. The van der Waals surface area contributed by atoms with Crippen molar-refractivity contribution in [3.05, 3.63) is 42.0 Å². The molecule has 110 valence electrons. The normalized spacial score (nSPS) is 10.0. The van der Waals surface area contributed by atoms with Crippen molar-refractivity contribution in [3.8, 4) is 5.75 Å². The molecule has 0 unspecified atom stereocenters. The standard InChI is InChI=1S/C13H13FN4O3/c1-21-11-9(17-12(19)7-2-3-16-6-7)4-8(14)5-10(11)18-13(15)20/h2-6,16H,1H3,(H,17,19)(H3,15,18,20). The zero-order valence-corrected chi connectivity index (χ0v) is 11.1. The predicted molar refractivity (Wildman–Crippen MR) is 74.9 cm³/mol. The molecule has 1 heterocycles. The van der Waals surface area contributed by atoms with Crippen LogP contribution in [0.5, 0.6) is 5.75 Å². The number of nitrogens with one attached hydrogen (secondary N) is 3. The monoisotopic (exact) mass is 292 g/mol. The molecule has 0 aliphatic carbocycles. The number of carbonyl (C=O) groups is 2. The summed E-state index contributed by atoms with van der Waals surface area (Å²) in [5.74, 6) is -1.02. The largest absolute Gasteiger partial charge is 0.492 e. The Kier molecular flexibility index (Phi) is 4.07. The molecular formula is C13H13FN4O3. The van der Waals surface area contributed by atoms with Gasteiger partial charge >= 0.3 is 6.03 Å².